The molecule has 0 radical (unpaired) electrons. The van der Waals surface area contributed by atoms with Crippen LogP contribution >= 0.6 is 0 Å². The van der Waals surface area contributed by atoms with Crippen molar-refractivity contribution in [3.05, 3.63) is 30.1 Å². The molecule has 2 aliphatic heterocycles. The van der Waals surface area contributed by atoms with Gasteiger partial charge in [0.2, 0.25) is 0 Å². The van der Waals surface area contributed by atoms with Gasteiger partial charge in [-0.2, -0.15) is 0 Å². The van der Waals surface area contributed by atoms with Crippen LogP contribution in [-0.4, -0.2) is 35.1 Å². The van der Waals surface area contributed by atoms with Crippen LogP contribution in [0.4, 0.5) is 0 Å². The summed E-state index contributed by atoms with van der Waals surface area (Å²) in [6.07, 6.45) is 9.16. The molecule has 0 aliphatic carbocycles. The van der Waals surface area contributed by atoms with Crippen molar-refractivity contribution in [3.8, 4) is 0 Å². The summed E-state index contributed by atoms with van der Waals surface area (Å²) in [7, 11) is 2.30. The van der Waals surface area contributed by atoms with E-state index in [-0.39, 0.29) is 0 Å². The predicted octanol–water partition coefficient (Wildman–Crippen LogP) is 2.36. The molecule has 1 N–H and O–H groups in total. The number of fused-ring (bicyclic) bond motifs is 2. The summed E-state index contributed by atoms with van der Waals surface area (Å²) in [5.41, 5.74) is 1.34. The lowest BCUT2D eigenvalue weighted by Gasteiger charge is -2.38. The van der Waals surface area contributed by atoms with Crippen LogP contribution in [0.1, 0.15) is 44.2 Å². The highest BCUT2D eigenvalue weighted by molar-refractivity contribution is 5.14. The molecule has 2 saturated heterocycles. The van der Waals surface area contributed by atoms with Crippen molar-refractivity contribution < 1.29 is 0 Å². The molecule has 3 heterocycles. The number of hydrogen-bond donors (Lipinski definition) is 1. The van der Waals surface area contributed by atoms with Gasteiger partial charge in [0, 0.05) is 36.6 Å². The Labute approximate surface area is 110 Å². The zero-order valence-electron chi connectivity index (χ0n) is 11.3. The Morgan fingerprint density at radius 2 is 1.83 bits per heavy atom. The van der Waals surface area contributed by atoms with E-state index in [1.54, 1.807) is 0 Å². The quantitative estimate of drug-likeness (QED) is 0.886. The number of hydrogen-bond acceptors (Lipinski definition) is 3. The number of nitrogens with one attached hydrogen (secondary N) is 1. The van der Waals surface area contributed by atoms with Gasteiger partial charge >= 0.3 is 0 Å². The number of piperidine rings is 1. The topological polar surface area (TPSA) is 28.2 Å². The van der Waals surface area contributed by atoms with Crippen LogP contribution in [0, 0.1) is 0 Å². The molecular formula is C15H23N3. The van der Waals surface area contributed by atoms with Crippen molar-refractivity contribution in [1.29, 1.82) is 0 Å². The van der Waals surface area contributed by atoms with E-state index < -0.39 is 0 Å². The van der Waals surface area contributed by atoms with Gasteiger partial charge in [0.25, 0.3) is 0 Å². The SMILES string of the molecule is C[C@H](NC1CC2CCC(C1)N2C)c1ccncc1. The highest BCUT2D eigenvalue weighted by Crippen LogP contribution is 2.34. The Balaban J connectivity index is 1.61. The first-order valence-electron chi connectivity index (χ1n) is 7.12. The summed E-state index contributed by atoms with van der Waals surface area (Å²) in [4.78, 5) is 6.68. The van der Waals surface area contributed by atoms with E-state index in [0.717, 1.165) is 12.1 Å². The maximum absolute atomic E-state index is 4.08. The van der Waals surface area contributed by atoms with Gasteiger partial charge < -0.3 is 10.2 Å². The van der Waals surface area contributed by atoms with Crippen molar-refractivity contribution in [3.63, 3.8) is 0 Å². The number of nitrogens with zero attached hydrogens (tertiary/aromatic N) is 2. The third-order valence-corrected chi connectivity index (χ3v) is 4.79. The number of aromatic nitrogens is 1. The summed E-state index contributed by atoms with van der Waals surface area (Å²) in [5, 5.41) is 3.80. The van der Waals surface area contributed by atoms with Crippen molar-refractivity contribution >= 4 is 0 Å². The Morgan fingerprint density at radius 3 is 2.44 bits per heavy atom. The van der Waals surface area contributed by atoms with Gasteiger partial charge in [-0.1, -0.05) is 0 Å². The Morgan fingerprint density at radius 1 is 1.22 bits per heavy atom. The van der Waals surface area contributed by atoms with Crippen LogP contribution in [0.5, 0.6) is 0 Å². The van der Waals surface area contributed by atoms with E-state index in [2.05, 4.69) is 41.3 Å². The molecule has 3 rings (SSSR count). The Hall–Kier alpha value is -0.930. The lowest BCUT2D eigenvalue weighted by Crippen LogP contribution is -2.47. The third-order valence-electron chi connectivity index (χ3n) is 4.79. The molecule has 3 nitrogen and oxygen atoms in total. The van der Waals surface area contributed by atoms with Gasteiger partial charge in [-0.15, -0.1) is 0 Å². The number of pyridine rings is 1. The van der Waals surface area contributed by atoms with Crippen LogP contribution in [0.2, 0.25) is 0 Å². The fraction of sp³-hybridized carbons (Fsp3) is 0.667. The number of rotatable bonds is 3. The van der Waals surface area contributed by atoms with Crippen LogP contribution in [0.3, 0.4) is 0 Å². The average molecular weight is 245 g/mol. The van der Waals surface area contributed by atoms with E-state index in [1.165, 1.54) is 31.2 Å². The van der Waals surface area contributed by atoms with Crippen LogP contribution in [-0.2, 0) is 0 Å². The van der Waals surface area contributed by atoms with Gasteiger partial charge in [0.05, 0.1) is 0 Å². The summed E-state index contributed by atoms with van der Waals surface area (Å²) < 4.78 is 0. The average Bonchev–Trinajstić information content (AvgIpc) is 2.63. The fourth-order valence-corrected chi connectivity index (χ4v) is 3.65. The summed E-state index contributed by atoms with van der Waals surface area (Å²) in [6.45, 7) is 2.26. The Bertz CT molecular complexity index is 378. The summed E-state index contributed by atoms with van der Waals surface area (Å²) in [5.74, 6) is 0. The van der Waals surface area contributed by atoms with Crippen molar-refractivity contribution in [2.75, 3.05) is 7.05 Å². The normalized spacial score (nSPS) is 33.6. The smallest absolute Gasteiger partial charge is 0.0295 e. The van der Waals surface area contributed by atoms with Gasteiger partial charge in [0.15, 0.2) is 0 Å². The first kappa shape index (κ1) is 12.1. The highest BCUT2D eigenvalue weighted by Gasteiger charge is 2.38. The minimum atomic E-state index is 0.431. The van der Waals surface area contributed by atoms with E-state index in [9.17, 15) is 0 Å². The van der Waals surface area contributed by atoms with E-state index in [0.29, 0.717) is 12.1 Å². The highest BCUT2D eigenvalue weighted by atomic mass is 15.2. The summed E-state index contributed by atoms with van der Waals surface area (Å²) in [6, 6.07) is 6.96. The predicted molar refractivity (Wildman–Crippen MR) is 73.4 cm³/mol. The largest absolute Gasteiger partial charge is 0.307 e. The molecule has 18 heavy (non-hydrogen) atoms. The molecule has 0 aromatic carbocycles. The molecule has 2 bridgehead atoms. The van der Waals surface area contributed by atoms with E-state index in [1.807, 2.05) is 12.4 Å². The molecule has 3 atom stereocenters. The van der Waals surface area contributed by atoms with E-state index >= 15 is 0 Å². The zero-order valence-corrected chi connectivity index (χ0v) is 11.3. The first-order valence-corrected chi connectivity index (χ1v) is 7.12. The standard InChI is InChI=1S/C15H23N3/c1-11(12-5-7-16-8-6-12)17-13-9-14-3-4-15(10-13)18(14)2/h5-8,11,13-15,17H,3-4,9-10H2,1-2H3/t11-,13?,14?,15?/m0/s1. The third kappa shape index (κ3) is 2.29. The van der Waals surface area contributed by atoms with Crippen LogP contribution < -0.4 is 5.32 Å². The molecule has 0 saturated carbocycles. The summed E-state index contributed by atoms with van der Waals surface area (Å²) >= 11 is 0. The first-order chi connectivity index (χ1) is 8.74. The molecule has 0 spiro atoms. The molecule has 0 amide bonds. The van der Waals surface area contributed by atoms with Crippen molar-refractivity contribution in [2.45, 2.75) is 56.8 Å². The second kappa shape index (κ2) is 4.98. The zero-order chi connectivity index (χ0) is 12.5. The van der Waals surface area contributed by atoms with Crippen LogP contribution in [0.15, 0.2) is 24.5 Å². The molecule has 3 heteroatoms. The van der Waals surface area contributed by atoms with Gasteiger partial charge in [-0.05, 0) is 57.4 Å². The molecule has 2 fully saturated rings. The second-order valence-electron chi connectivity index (χ2n) is 5.89. The van der Waals surface area contributed by atoms with E-state index in [4.69, 9.17) is 0 Å². The molecular weight excluding hydrogens is 222 g/mol. The lowest BCUT2D eigenvalue weighted by atomic mass is 9.96. The van der Waals surface area contributed by atoms with Gasteiger partial charge in [-0.3, -0.25) is 4.98 Å². The molecule has 98 valence electrons. The maximum atomic E-state index is 4.08. The fourth-order valence-electron chi connectivity index (χ4n) is 3.65. The molecule has 1 aromatic heterocycles. The molecule has 1 aromatic rings. The maximum Gasteiger partial charge on any atom is 0.0295 e. The van der Waals surface area contributed by atoms with Gasteiger partial charge in [0.1, 0.15) is 0 Å². The second-order valence-corrected chi connectivity index (χ2v) is 5.89. The minimum absolute atomic E-state index is 0.431. The van der Waals surface area contributed by atoms with Crippen LogP contribution in [0.25, 0.3) is 0 Å². The monoisotopic (exact) mass is 245 g/mol. The molecule has 2 aliphatic rings. The molecule has 2 unspecified atom stereocenters. The minimum Gasteiger partial charge on any atom is -0.307 e. The lowest BCUT2D eigenvalue weighted by molar-refractivity contribution is 0.144. The van der Waals surface area contributed by atoms with Crippen molar-refractivity contribution in [2.24, 2.45) is 0 Å². The Kier molecular flexibility index (Phi) is 3.35. The van der Waals surface area contributed by atoms with Gasteiger partial charge in [-0.25, -0.2) is 0 Å². The van der Waals surface area contributed by atoms with Crippen molar-refractivity contribution in [1.82, 2.24) is 15.2 Å².